The van der Waals surface area contributed by atoms with Crippen molar-refractivity contribution in [3.63, 3.8) is 0 Å². The molecule has 0 heterocycles. The minimum absolute atomic E-state index is 0.0908. The Kier molecular flexibility index (Phi) is 6.14. The first kappa shape index (κ1) is 20.1. The maximum Gasteiger partial charge on any atom is 0.255 e. The van der Waals surface area contributed by atoms with Crippen molar-refractivity contribution in [2.24, 2.45) is 0 Å². The van der Waals surface area contributed by atoms with Crippen molar-refractivity contribution in [1.29, 1.82) is 0 Å². The van der Waals surface area contributed by atoms with E-state index in [1.807, 2.05) is 6.07 Å². The number of amides is 1. The normalized spacial score (nSPS) is 11.2. The SMILES string of the molecule is Cc1cc(S(=O)(=O)NCc2ccccc2Cl)ccc1NC(=O)c1ccccc1. The van der Waals surface area contributed by atoms with Gasteiger partial charge < -0.3 is 5.32 Å². The van der Waals surface area contributed by atoms with E-state index < -0.39 is 10.0 Å². The van der Waals surface area contributed by atoms with Gasteiger partial charge in [-0.25, -0.2) is 13.1 Å². The lowest BCUT2D eigenvalue weighted by atomic mass is 10.1. The molecule has 7 heteroatoms. The Morgan fingerprint density at radius 2 is 1.64 bits per heavy atom. The van der Waals surface area contributed by atoms with Crippen LogP contribution in [0.4, 0.5) is 5.69 Å². The first-order chi connectivity index (χ1) is 13.4. The molecule has 0 aliphatic heterocycles. The fraction of sp³-hybridized carbons (Fsp3) is 0.0952. The van der Waals surface area contributed by atoms with Crippen LogP contribution in [0.2, 0.25) is 5.02 Å². The number of carbonyl (C=O) groups is 1. The maximum atomic E-state index is 12.6. The molecule has 3 rings (SSSR count). The second-order valence-corrected chi connectivity index (χ2v) is 8.39. The van der Waals surface area contributed by atoms with E-state index >= 15 is 0 Å². The molecule has 0 radical (unpaired) electrons. The van der Waals surface area contributed by atoms with Crippen LogP contribution in [0.5, 0.6) is 0 Å². The number of benzene rings is 3. The van der Waals surface area contributed by atoms with Gasteiger partial charge in [0, 0.05) is 22.8 Å². The van der Waals surface area contributed by atoms with Gasteiger partial charge in [-0.05, 0) is 54.4 Å². The summed E-state index contributed by atoms with van der Waals surface area (Å²) in [6.07, 6.45) is 0. The van der Waals surface area contributed by atoms with Gasteiger partial charge in [0.25, 0.3) is 5.91 Å². The number of nitrogens with one attached hydrogen (secondary N) is 2. The van der Waals surface area contributed by atoms with E-state index in [4.69, 9.17) is 11.6 Å². The van der Waals surface area contributed by atoms with E-state index in [0.717, 1.165) is 0 Å². The van der Waals surface area contributed by atoms with Crippen molar-refractivity contribution < 1.29 is 13.2 Å². The van der Waals surface area contributed by atoms with Gasteiger partial charge in [0.1, 0.15) is 0 Å². The van der Waals surface area contributed by atoms with Gasteiger partial charge >= 0.3 is 0 Å². The van der Waals surface area contributed by atoms with Crippen LogP contribution in [0.1, 0.15) is 21.5 Å². The fourth-order valence-electron chi connectivity index (χ4n) is 2.63. The van der Waals surface area contributed by atoms with Gasteiger partial charge in [-0.15, -0.1) is 0 Å². The van der Waals surface area contributed by atoms with Crippen LogP contribution >= 0.6 is 11.6 Å². The van der Waals surface area contributed by atoms with Gasteiger partial charge in [-0.1, -0.05) is 48.0 Å². The molecule has 3 aromatic rings. The zero-order chi connectivity index (χ0) is 20.1. The molecular formula is C21H19ClN2O3S. The van der Waals surface area contributed by atoms with E-state index in [-0.39, 0.29) is 17.3 Å². The van der Waals surface area contributed by atoms with Crippen molar-refractivity contribution in [1.82, 2.24) is 4.72 Å². The third-order valence-corrected chi connectivity index (χ3v) is 5.97. The summed E-state index contributed by atoms with van der Waals surface area (Å²) < 4.78 is 27.7. The van der Waals surface area contributed by atoms with Crippen LogP contribution in [0.3, 0.4) is 0 Å². The second kappa shape index (κ2) is 8.56. The predicted molar refractivity (Wildman–Crippen MR) is 111 cm³/mol. The van der Waals surface area contributed by atoms with Crippen LogP contribution < -0.4 is 10.0 Å². The number of anilines is 1. The van der Waals surface area contributed by atoms with Gasteiger partial charge in [-0.3, -0.25) is 4.79 Å². The number of halogens is 1. The third-order valence-electron chi connectivity index (χ3n) is 4.20. The molecule has 0 fully saturated rings. The lowest BCUT2D eigenvalue weighted by Crippen LogP contribution is -2.23. The molecule has 3 aromatic carbocycles. The Bertz CT molecular complexity index is 1100. The van der Waals surface area contributed by atoms with Crippen molar-refractivity contribution in [2.45, 2.75) is 18.4 Å². The molecule has 28 heavy (non-hydrogen) atoms. The smallest absolute Gasteiger partial charge is 0.255 e. The largest absolute Gasteiger partial charge is 0.322 e. The number of hydrogen-bond donors (Lipinski definition) is 2. The molecule has 0 saturated heterocycles. The minimum atomic E-state index is -3.72. The molecule has 5 nitrogen and oxygen atoms in total. The Balaban J connectivity index is 1.74. The number of hydrogen-bond acceptors (Lipinski definition) is 3. The molecule has 0 unspecified atom stereocenters. The van der Waals surface area contributed by atoms with Crippen molar-refractivity contribution >= 4 is 33.2 Å². The van der Waals surface area contributed by atoms with Crippen LogP contribution in [0.15, 0.2) is 77.7 Å². The molecule has 2 N–H and O–H groups in total. The Morgan fingerprint density at radius 3 is 2.32 bits per heavy atom. The number of rotatable bonds is 6. The summed E-state index contributed by atoms with van der Waals surface area (Å²) in [5.41, 5.74) is 2.42. The zero-order valence-electron chi connectivity index (χ0n) is 15.1. The van der Waals surface area contributed by atoms with Gasteiger partial charge in [0.15, 0.2) is 0 Å². The van der Waals surface area contributed by atoms with E-state index in [1.165, 1.54) is 12.1 Å². The van der Waals surface area contributed by atoms with Crippen LogP contribution in [0, 0.1) is 6.92 Å². The first-order valence-corrected chi connectivity index (χ1v) is 10.4. The lowest BCUT2D eigenvalue weighted by Gasteiger charge is -2.12. The standard InChI is InChI=1S/C21H19ClN2O3S/c1-15-13-18(28(26,27)23-14-17-9-5-6-10-19(17)22)11-12-20(15)24-21(25)16-7-3-2-4-8-16/h2-13,23H,14H2,1H3,(H,24,25). The van der Waals surface area contributed by atoms with E-state index in [1.54, 1.807) is 61.5 Å². The zero-order valence-corrected chi connectivity index (χ0v) is 16.7. The Hall–Kier alpha value is -2.67. The summed E-state index contributed by atoms with van der Waals surface area (Å²) in [4.78, 5) is 12.4. The molecule has 0 spiro atoms. The van der Waals surface area contributed by atoms with Crippen molar-refractivity contribution in [2.75, 3.05) is 5.32 Å². The van der Waals surface area contributed by atoms with E-state index in [2.05, 4.69) is 10.0 Å². The van der Waals surface area contributed by atoms with E-state index in [0.29, 0.717) is 27.4 Å². The summed E-state index contributed by atoms with van der Waals surface area (Å²) in [5.74, 6) is -0.254. The highest BCUT2D eigenvalue weighted by Gasteiger charge is 2.16. The van der Waals surface area contributed by atoms with Crippen LogP contribution in [-0.2, 0) is 16.6 Å². The molecule has 0 aromatic heterocycles. The van der Waals surface area contributed by atoms with E-state index in [9.17, 15) is 13.2 Å². The summed E-state index contributed by atoms with van der Waals surface area (Å²) in [5, 5.41) is 3.30. The average Bonchev–Trinajstić information content (AvgIpc) is 2.69. The third kappa shape index (κ3) is 4.78. The predicted octanol–water partition coefficient (Wildman–Crippen LogP) is 4.38. The number of aryl methyl sites for hydroxylation is 1. The van der Waals surface area contributed by atoms with Crippen molar-refractivity contribution in [3.05, 3.63) is 94.5 Å². The van der Waals surface area contributed by atoms with Crippen LogP contribution in [0.25, 0.3) is 0 Å². The van der Waals surface area contributed by atoms with Crippen molar-refractivity contribution in [3.8, 4) is 0 Å². The molecule has 0 saturated carbocycles. The monoisotopic (exact) mass is 414 g/mol. The minimum Gasteiger partial charge on any atom is -0.322 e. The average molecular weight is 415 g/mol. The summed E-state index contributed by atoms with van der Waals surface area (Å²) in [7, 11) is -3.72. The molecule has 0 bridgehead atoms. The van der Waals surface area contributed by atoms with Gasteiger partial charge in [0.05, 0.1) is 4.90 Å². The molecule has 144 valence electrons. The highest BCUT2D eigenvalue weighted by molar-refractivity contribution is 7.89. The quantitative estimate of drug-likeness (QED) is 0.628. The summed E-state index contributed by atoms with van der Waals surface area (Å²) in [6, 6.07) is 20.4. The topological polar surface area (TPSA) is 75.3 Å². The molecule has 0 atom stereocenters. The maximum absolute atomic E-state index is 12.6. The molecule has 1 amide bonds. The number of carbonyl (C=O) groups excluding carboxylic acids is 1. The van der Waals surface area contributed by atoms with Crippen LogP contribution in [-0.4, -0.2) is 14.3 Å². The highest BCUT2D eigenvalue weighted by atomic mass is 35.5. The molecule has 0 aliphatic carbocycles. The number of sulfonamides is 1. The van der Waals surface area contributed by atoms with Gasteiger partial charge in [0.2, 0.25) is 10.0 Å². The first-order valence-electron chi connectivity index (χ1n) is 8.57. The lowest BCUT2D eigenvalue weighted by molar-refractivity contribution is 0.102. The highest BCUT2D eigenvalue weighted by Crippen LogP contribution is 2.21. The molecular weight excluding hydrogens is 396 g/mol. The fourth-order valence-corrected chi connectivity index (χ4v) is 3.92. The summed E-state index contributed by atoms with van der Waals surface area (Å²) >= 11 is 6.07. The molecule has 0 aliphatic rings. The second-order valence-electron chi connectivity index (χ2n) is 6.21. The van der Waals surface area contributed by atoms with Gasteiger partial charge in [-0.2, -0.15) is 0 Å². The Labute approximate surface area is 169 Å². The summed E-state index contributed by atoms with van der Waals surface area (Å²) in [6.45, 7) is 1.83. The Morgan fingerprint density at radius 1 is 0.964 bits per heavy atom.